The Labute approximate surface area is 202 Å². The molecule has 1 amide bonds. The van der Waals surface area contributed by atoms with E-state index in [-0.39, 0.29) is 17.3 Å². The van der Waals surface area contributed by atoms with Gasteiger partial charge in [-0.25, -0.2) is 14.8 Å². The fourth-order valence-corrected chi connectivity index (χ4v) is 4.88. The van der Waals surface area contributed by atoms with E-state index in [2.05, 4.69) is 25.1 Å². The van der Waals surface area contributed by atoms with Crippen LogP contribution < -0.4 is 11.2 Å². The van der Waals surface area contributed by atoms with Gasteiger partial charge >= 0.3 is 5.69 Å². The van der Waals surface area contributed by atoms with E-state index in [1.807, 2.05) is 12.1 Å². The highest BCUT2D eigenvalue weighted by atomic mass is 16.3. The minimum atomic E-state index is -1.08. The number of aromatic nitrogens is 7. The summed E-state index contributed by atoms with van der Waals surface area (Å²) in [6, 6.07) is 5.26. The number of hydrogen-bond donors (Lipinski definition) is 3. The average Bonchev–Trinajstić information content (AvgIpc) is 3.36. The van der Waals surface area contributed by atoms with Gasteiger partial charge in [0, 0.05) is 42.5 Å². The van der Waals surface area contributed by atoms with Crippen molar-refractivity contribution in [2.24, 2.45) is 0 Å². The van der Waals surface area contributed by atoms with Gasteiger partial charge in [0.15, 0.2) is 5.65 Å². The second-order valence-electron chi connectivity index (χ2n) is 8.98. The molecule has 0 aromatic carbocycles. The van der Waals surface area contributed by atoms with E-state index in [1.54, 1.807) is 27.9 Å². The number of nitrogens with zero attached hydrogens (tertiary/aromatic N) is 6. The SMILES string of the molecule is C[C@H](O)C(=O)N1CCC(n2c(=O)[nH]c(=O)c3cnc4ccc(-c5cnc6[nH]ncc6c5)nc4c32)CC1. The first-order valence-corrected chi connectivity index (χ1v) is 11.6. The molecule has 1 aliphatic rings. The van der Waals surface area contributed by atoms with Crippen molar-refractivity contribution in [1.29, 1.82) is 0 Å². The molecule has 36 heavy (non-hydrogen) atoms. The van der Waals surface area contributed by atoms with Crippen LogP contribution in [0.4, 0.5) is 0 Å². The summed E-state index contributed by atoms with van der Waals surface area (Å²) in [5.74, 6) is -0.337. The summed E-state index contributed by atoms with van der Waals surface area (Å²) >= 11 is 0. The normalized spacial score (nSPS) is 15.7. The van der Waals surface area contributed by atoms with Crippen LogP contribution in [0.25, 0.3) is 44.2 Å². The zero-order valence-corrected chi connectivity index (χ0v) is 19.3. The van der Waals surface area contributed by atoms with Crippen molar-refractivity contribution in [3.05, 3.63) is 57.6 Å². The van der Waals surface area contributed by atoms with Crippen molar-refractivity contribution >= 4 is 38.9 Å². The third kappa shape index (κ3) is 3.53. The molecule has 3 N–H and O–H groups in total. The standard InChI is InChI=1S/C24H22N8O4/c1-12(33)23(35)31-6-4-15(5-7-31)32-20-16(22(34)29-24(32)36)11-25-18-3-2-17(28-19(18)20)13-8-14-10-27-30-21(14)26-9-13/h2-3,8-12,15,33H,4-7H2,1H3,(H,26,27,30)(H,29,34,36)/t12-/m0/s1. The third-order valence-corrected chi connectivity index (χ3v) is 6.70. The van der Waals surface area contributed by atoms with Crippen molar-refractivity contribution in [3.8, 4) is 11.3 Å². The van der Waals surface area contributed by atoms with Crippen molar-refractivity contribution in [2.75, 3.05) is 13.1 Å². The van der Waals surface area contributed by atoms with Crippen molar-refractivity contribution in [1.82, 2.24) is 39.6 Å². The molecule has 12 heteroatoms. The highest BCUT2D eigenvalue weighted by molar-refractivity contribution is 6.01. The number of likely N-dealkylation sites (tertiary alicyclic amines) is 1. The Morgan fingerprint density at radius 2 is 1.94 bits per heavy atom. The largest absolute Gasteiger partial charge is 0.384 e. The fourth-order valence-electron chi connectivity index (χ4n) is 4.88. The Hall–Kier alpha value is -4.45. The first-order valence-electron chi connectivity index (χ1n) is 11.6. The van der Waals surface area contributed by atoms with E-state index < -0.39 is 17.4 Å². The smallest absolute Gasteiger partial charge is 0.329 e. The van der Waals surface area contributed by atoms with Gasteiger partial charge in [0.1, 0.15) is 11.6 Å². The van der Waals surface area contributed by atoms with Crippen LogP contribution in [0, 0.1) is 0 Å². The molecule has 0 spiro atoms. The summed E-state index contributed by atoms with van der Waals surface area (Å²) in [7, 11) is 0. The first-order chi connectivity index (χ1) is 17.4. The molecule has 0 bridgehead atoms. The van der Waals surface area contributed by atoms with E-state index in [4.69, 9.17) is 4.98 Å². The number of aliphatic hydroxyl groups is 1. The molecule has 1 saturated heterocycles. The van der Waals surface area contributed by atoms with Crippen LogP contribution in [0.2, 0.25) is 0 Å². The highest BCUT2D eigenvalue weighted by Crippen LogP contribution is 2.29. The molecule has 6 heterocycles. The van der Waals surface area contributed by atoms with Crippen molar-refractivity contribution in [2.45, 2.75) is 31.9 Å². The number of amides is 1. The van der Waals surface area contributed by atoms with Crippen LogP contribution in [0.15, 0.2) is 46.4 Å². The Morgan fingerprint density at radius 1 is 1.14 bits per heavy atom. The maximum absolute atomic E-state index is 13.1. The van der Waals surface area contributed by atoms with Crippen LogP contribution >= 0.6 is 0 Å². The lowest BCUT2D eigenvalue weighted by molar-refractivity contribution is -0.140. The van der Waals surface area contributed by atoms with Crippen LogP contribution in [0.3, 0.4) is 0 Å². The maximum atomic E-state index is 13.1. The van der Waals surface area contributed by atoms with E-state index in [1.165, 1.54) is 13.1 Å². The molecule has 182 valence electrons. The number of fused-ring (bicyclic) bond motifs is 4. The number of H-pyrrole nitrogens is 2. The molecule has 1 atom stereocenters. The maximum Gasteiger partial charge on any atom is 0.329 e. The molecule has 0 aliphatic carbocycles. The number of carbonyl (C=O) groups excluding carboxylic acids is 1. The number of rotatable bonds is 3. The lowest BCUT2D eigenvalue weighted by atomic mass is 10.0. The molecular weight excluding hydrogens is 464 g/mol. The summed E-state index contributed by atoms with van der Waals surface area (Å²) in [5, 5.41) is 17.6. The van der Waals surface area contributed by atoms with Gasteiger partial charge in [0.05, 0.1) is 28.3 Å². The monoisotopic (exact) mass is 486 g/mol. The number of nitrogens with one attached hydrogen (secondary N) is 2. The predicted octanol–water partition coefficient (Wildman–Crippen LogP) is 1.12. The molecule has 0 saturated carbocycles. The van der Waals surface area contributed by atoms with Crippen molar-refractivity contribution < 1.29 is 9.90 Å². The minimum absolute atomic E-state index is 0.262. The molecule has 0 radical (unpaired) electrons. The number of aliphatic hydroxyl groups excluding tert-OH is 1. The minimum Gasteiger partial charge on any atom is -0.384 e. The molecule has 1 fully saturated rings. The Morgan fingerprint density at radius 3 is 2.72 bits per heavy atom. The van der Waals surface area contributed by atoms with Gasteiger partial charge in [-0.3, -0.25) is 29.2 Å². The topological polar surface area (TPSA) is 163 Å². The lowest BCUT2D eigenvalue weighted by Crippen LogP contribution is -2.45. The number of hydrogen-bond acceptors (Lipinski definition) is 8. The second kappa shape index (κ2) is 8.34. The summed E-state index contributed by atoms with van der Waals surface area (Å²) in [6.45, 7) is 2.22. The molecule has 6 rings (SSSR count). The van der Waals surface area contributed by atoms with E-state index in [0.29, 0.717) is 53.8 Å². The molecule has 1 aliphatic heterocycles. The van der Waals surface area contributed by atoms with Gasteiger partial charge in [0.25, 0.3) is 11.5 Å². The van der Waals surface area contributed by atoms with Crippen LogP contribution in [-0.2, 0) is 4.79 Å². The summed E-state index contributed by atoms with van der Waals surface area (Å²) < 4.78 is 1.57. The number of pyridine rings is 3. The quantitative estimate of drug-likeness (QED) is 0.319. The number of piperidine rings is 1. The summed E-state index contributed by atoms with van der Waals surface area (Å²) in [5.41, 5.74) is 2.35. The lowest BCUT2D eigenvalue weighted by Gasteiger charge is -2.34. The van der Waals surface area contributed by atoms with E-state index in [0.717, 1.165) is 10.9 Å². The van der Waals surface area contributed by atoms with Gasteiger partial charge < -0.3 is 10.0 Å². The Bertz CT molecular complexity index is 1760. The van der Waals surface area contributed by atoms with Gasteiger partial charge in [-0.2, -0.15) is 5.10 Å². The zero-order valence-electron chi connectivity index (χ0n) is 19.3. The van der Waals surface area contributed by atoms with Gasteiger partial charge in [-0.15, -0.1) is 0 Å². The van der Waals surface area contributed by atoms with Crippen LogP contribution in [-0.4, -0.2) is 69.8 Å². The van der Waals surface area contributed by atoms with Gasteiger partial charge in [-0.05, 0) is 38.0 Å². The molecule has 5 aromatic rings. The Kier molecular flexibility index (Phi) is 5.11. The zero-order chi connectivity index (χ0) is 25.0. The third-order valence-electron chi connectivity index (χ3n) is 6.70. The van der Waals surface area contributed by atoms with Gasteiger partial charge in [0.2, 0.25) is 0 Å². The first kappa shape index (κ1) is 22.0. The summed E-state index contributed by atoms with van der Waals surface area (Å²) in [6.07, 6.45) is 4.72. The second-order valence-corrected chi connectivity index (χ2v) is 8.98. The number of carbonyl (C=O) groups is 1. The van der Waals surface area contributed by atoms with Crippen molar-refractivity contribution in [3.63, 3.8) is 0 Å². The molecule has 12 nitrogen and oxygen atoms in total. The van der Waals surface area contributed by atoms with E-state index >= 15 is 0 Å². The average molecular weight is 486 g/mol. The van der Waals surface area contributed by atoms with Gasteiger partial charge in [-0.1, -0.05) is 0 Å². The Balaban J connectivity index is 1.51. The molecular formula is C24H22N8O4. The fraction of sp³-hybridized carbons (Fsp3) is 0.292. The summed E-state index contributed by atoms with van der Waals surface area (Å²) in [4.78, 5) is 55.7. The molecule has 5 aromatic heterocycles. The molecule has 0 unspecified atom stereocenters. The van der Waals surface area contributed by atoms with E-state index in [9.17, 15) is 19.5 Å². The highest BCUT2D eigenvalue weighted by Gasteiger charge is 2.28. The number of aromatic amines is 2. The van der Waals surface area contributed by atoms with Crippen LogP contribution in [0.1, 0.15) is 25.8 Å². The van der Waals surface area contributed by atoms with Crippen LogP contribution in [0.5, 0.6) is 0 Å². The predicted molar refractivity (Wildman–Crippen MR) is 131 cm³/mol.